The van der Waals surface area contributed by atoms with E-state index in [0.717, 1.165) is 63.6 Å². The molecular weight excluding hydrogens is 254 g/mol. The Kier molecular flexibility index (Phi) is 6.47. The Morgan fingerprint density at radius 2 is 2.00 bits per heavy atom. The number of hydrogen-bond donors (Lipinski definition) is 1. The minimum atomic E-state index is 0.456. The molecule has 0 aromatic carbocycles. The third-order valence-electron chi connectivity index (χ3n) is 3.74. The highest BCUT2D eigenvalue weighted by atomic mass is 16.5. The summed E-state index contributed by atoms with van der Waals surface area (Å²) in [4.78, 5) is 0. The van der Waals surface area contributed by atoms with Crippen LogP contribution in [-0.4, -0.2) is 36.0 Å². The van der Waals surface area contributed by atoms with Gasteiger partial charge in [-0.05, 0) is 51.6 Å². The van der Waals surface area contributed by atoms with Gasteiger partial charge in [-0.15, -0.1) is 10.2 Å². The fourth-order valence-corrected chi connectivity index (χ4v) is 2.60. The zero-order chi connectivity index (χ0) is 14.2. The van der Waals surface area contributed by atoms with Gasteiger partial charge in [-0.2, -0.15) is 0 Å². The van der Waals surface area contributed by atoms with E-state index < -0.39 is 0 Å². The fraction of sp³-hybridized carbons (Fsp3) is 0.867. The normalized spacial score (nSPS) is 21.9. The molecule has 0 unspecified atom stereocenters. The van der Waals surface area contributed by atoms with E-state index in [2.05, 4.69) is 22.4 Å². The molecule has 0 saturated heterocycles. The maximum atomic E-state index is 5.70. The SMILES string of the molecule is CCCNCCCc1nnc(CC2CC(OCC)C2)o1. The van der Waals surface area contributed by atoms with Gasteiger partial charge < -0.3 is 14.5 Å². The molecule has 1 fully saturated rings. The molecule has 1 aromatic heterocycles. The molecular formula is C15H27N3O2. The van der Waals surface area contributed by atoms with Gasteiger partial charge in [-0.25, -0.2) is 0 Å². The third kappa shape index (κ3) is 4.87. The first-order valence-electron chi connectivity index (χ1n) is 7.95. The summed E-state index contributed by atoms with van der Waals surface area (Å²) < 4.78 is 11.3. The summed E-state index contributed by atoms with van der Waals surface area (Å²) >= 11 is 0. The lowest BCUT2D eigenvalue weighted by molar-refractivity contribution is -0.0255. The quantitative estimate of drug-likeness (QED) is 0.667. The first-order valence-corrected chi connectivity index (χ1v) is 7.95. The van der Waals surface area contributed by atoms with Crippen LogP contribution in [0.5, 0.6) is 0 Å². The number of ether oxygens (including phenoxy) is 1. The van der Waals surface area contributed by atoms with Gasteiger partial charge in [-0.3, -0.25) is 0 Å². The van der Waals surface area contributed by atoms with Crippen LogP contribution in [0.4, 0.5) is 0 Å². The van der Waals surface area contributed by atoms with Gasteiger partial charge in [-0.1, -0.05) is 6.92 Å². The molecule has 1 aliphatic carbocycles. The minimum absolute atomic E-state index is 0.456. The highest BCUT2D eigenvalue weighted by Crippen LogP contribution is 2.32. The Bertz CT molecular complexity index is 375. The van der Waals surface area contributed by atoms with E-state index >= 15 is 0 Å². The van der Waals surface area contributed by atoms with Crippen LogP contribution in [0.2, 0.25) is 0 Å². The van der Waals surface area contributed by atoms with Crippen LogP contribution in [0.3, 0.4) is 0 Å². The van der Waals surface area contributed by atoms with Crippen molar-refractivity contribution in [3.8, 4) is 0 Å². The molecule has 0 radical (unpaired) electrons. The fourth-order valence-electron chi connectivity index (χ4n) is 2.60. The maximum absolute atomic E-state index is 5.70. The molecule has 1 heterocycles. The Labute approximate surface area is 121 Å². The number of aromatic nitrogens is 2. The van der Waals surface area contributed by atoms with Crippen molar-refractivity contribution in [2.45, 2.75) is 58.5 Å². The van der Waals surface area contributed by atoms with Crippen molar-refractivity contribution in [2.75, 3.05) is 19.7 Å². The van der Waals surface area contributed by atoms with Crippen molar-refractivity contribution in [1.29, 1.82) is 0 Å². The molecule has 5 heteroatoms. The van der Waals surface area contributed by atoms with Crippen molar-refractivity contribution in [3.05, 3.63) is 11.8 Å². The van der Waals surface area contributed by atoms with Crippen LogP contribution in [0, 0.1) is 5.92 Å². The summed E-state index contributed by atoms with van der Waals surface area (Å²) in [5, 5.41) is 11.6. The zero-order valence-electron chi connectivity index (χ0n) is 12.7. The van der Waals surface area contributed by atoms with Gasteiger partial charge in [0, 0.05) is 19.4 Å². The Balaban J connectivity index is 1.60. The molecule has 0 atom stereocenters. The highest BCUT2D eigenvalue weighted by molar-refractivity contribution is 4.90. The van der Waals surface area contributed by atoms with Crippen LogP contribution in [0.15, 0.2) is 4.42 Å². The average molecular weight is 281 g/mol. The number of hydrogen-bond acceptors (Lipinski definition) is 5. The van der Waals surface area contributed by atoms with Crippen LogP contribution in [0.25, 0.3) is 0 Å². The number of nitrogens with zero attached hydrogens (tertiary/aromatic N) is 2. The van der Waals surface area contributed by atoms with E-state index in [-0.39, 0.29) is 0 Å². The summed E-state index contributed by atoms with van der Waals surface area (Å²) in [6, 6.07) is 0. The topological polar surface area (TPSA) is 60.2 Å². The van der Waals surface area contributed by atoms with Crippen molar-refractivity contribution in [2.24, 2.45) is 5.92 Å². The van der Waals surface area contributed by atoms with Crippen molar-refractivity contribution >= 4 is 0 Å². The van der Waals surface area contributed by atoms with Crippen LogP contribution < -0.4 is 5.32 Å². The minimum Gasteiger partial charge on any atom is -0.425 e. The summed E-state index contributed by atoms with van der Waals surface area (Å²) in [6.07, 6.45) is 6.73. The molecule has 1 aliphatic rings. The molecule has 1 N–H and O–H groups in total. The molecule has 0 aliphatic heterocycles. The molecule has 20 heavy (non-hydrogen) atoms. The number of nitrogens with one attached hydrogen (secondary N) is 1. The lowest BCUT2D eigenvalue weighted by Gasteiger charge is -2.33. The molecule has 2 rings (SSSR count). The third-order valence-corrected chi connectivity index (χ3v) is 3.74. The molecule has 0 bridgehead atoms. The van der Waals surface area contributed by atoms with Gasteiger partial charge in [0.05, 0.1) is 6.10 Å². The van der Waals surface area contributed by atoms with E-state index in [4.69, 9.17) is 9.15 Å². The number of aryl methyl sites for hydroxylation is 1. The smallest absolute Gasteiger partial charge is 0.216 e. The summed E-state index contributed by atoms with van der Waals surface area (Å²) in [5.41, 5.74) is 0. The second kappa shape index (κ2) is 8.37. The monoisotopic (exact) mass is 281 g/mol. The molecule has 1 aromatic rings. The molecule has 5 nitrogen and oxygen atoms in total. The van der Waals surface area contributed by atoms with E-state index in [1.807, 2.05) is 6.92 Å². The van der Waals surface area contributed by atoms with Gasteiger partial charge in [0.2, 0.25) is 11.8 Å². The Hall–Kier alpha value is -0.940. The standard InChI is InChI=1S/C15H27N3O2/c1-3-7-16-8-5-6-14-17-18-15(20-14)11-12-9-13(10-12)19-4-2/h12-13,16H,3-11H2,1-2H3. The number of rotatable bonds is 10. The average Bonchev–Trinajstić information content (AvgIpc) is 2.84. The van der Waals surface area contributed by atoms with E-state index in [9.17, 15) is 0 Å². The first kappa shape index (κ1) is 15.4. The first-order chi connectivity index (χ1) is 9.81. The summed E-state index contributed by atoms with van der Waals surface area (Å²) in [6.45, 7) is 7.14. The molecule has 1 saturated carbocycles. The summed E-state index contributed by atoms with van der Waals surface area (Å²) in [7, 11) is 0. The van der Waals surface area contributed by atoms with Gasteiger partial charge in [0.15, 0.2) is 0 Å². The zero-order valence-corrected chi connectivity index (χ0v) is 12.7. The Morgan fingerprint density at radius 3 is 2.75 bits per heavy atom. The van der Waals surface area contributed by atoms with E-state index in [1.54, 1.807) is 0 Å². The van der Waals surface area contributed by atoms with Gasteiger partial charge >= 0.3 is 0 Å². The van der Waals surface area contributed by atoms with E-state index in [1.165, 1.54) is 6.42 Å². The van der Waals surface area contributed by atoms with Crippen molar-refractivity contribution in [1.82, 2.24) is 15.5 Å². The Morgan fingerprint density at radius 1 is 1.20 bits per heavy atom. The molecule has 0 amide bonds. The predicted molar refractivity (Wildman–Crippen MR) is 77.6 cm³/mol. The van der Waals surface area contributed by atoms with Gasteiger partial charge in [0.25, 0.3) is 0 Å². The van der Waals surface area contributed by atoms with Crippen LogP contribution in [0.1, 0.15) is 51.3 Å². The largest absolute Gasteiger partial charge is 0.425 e. The summed E-state index contributed by atoms with van der Waals surface area (Å²) in [5.74, 6) is 2.23. The highest BCUT2D eigenvalue weighted by Gasteiger charge is 2.30. The van der Waals surface area contributed by atoms with Crippen LogP contribution >= 0.6 is 0 Å². The lowest BCUT2D eigenvalue weighted by atomic mass is 9.80. The van der Waals surface area contributed by atoms with Crippen LogP contribution in [-0.2, 0) is 17.6 Å². The second-order valence-electron chi connectivity index (χ2n) is 5.56. The van der Waals surface area contributed by atoms with E-state index in [0.29, 0.717) is 12.0 Å². The second-order valence-corrected chi connectivity index (χ2v) is 5.56. The predicted octanol–water partition coefficient (Wildman–Crippen LogP) is 2.36. The van der Waals surface area contributed by atoms with Crippen molar-refractivity contribution in [3.63, 3.8) is 0 Å². The van der Waals surface area contributed by atoms with Gasteiger partial charge in [0.1, 0.15) is 0 Å². The maximum Gasteiger partial charge on any atom is 0.216 e. The molecule has 114 valence electrons. The van der Waals surface area contributed by atoms with Crippen molar-refractivity contribution < 1.29 is 9.15 Å². The molecule has 0 spiro atoms. The lowest BCUT2D eigenvalue weighted by Crippen LogP contribution is -2.32.